The van der Waals surface area contributed by atoms with E-state index >= 15 is 0 Å². The lowest BCUT2D eigenvalue weighted by molar-refractivity contribution is 0.0953. The number of pyridine rings is 1. The minimum atomic E-state index is -0.318. The van der Waals surface area contributed by atoms with E-state index in [1.54, 1.807) is 0 Å². The molecule has 0 atom stereocenters. The fourth-order valence-corrected chi connectivity index (χ4v) is 1.08. The van der Waals surface area contributed by atoms with Crippen molar-refractivity contribution in [3.8, 4) is 0 Å². The van der Waals surface area contributed by atoms with Gasteiger partial charge in [0.25, 0.3) is 5.91 Å². The predicted molar refractivity (Wildman–Crippen MR) is 58.0 cm³/mol. The average molecular weight is 221 g/mol. The Labute approximate surface area is 91.1 Å². The molecule has 0 saturated heterocycles. The van der Waals surface area contributed by atoms with Gasteiger partial charge in [0, 0.05) is 35.8 Å². The molecule has 1 rings (SSSR count). The molecule has 16 heavy (non-hydrogen) atoms. The van der Waals surface area contributed by atoms with E-state index in [2.05, 4.69) is 20.3 Å². The highest BCUT2D eigenvalue weighted by molar-refractivity contribution is 5.93. The molecule has 0 spiro atoms. The smallest absolute Gasteiger partial charge is 0.251 e. The molecule has 0 radical (unpaired) electrons. The van der Waals surface area contributed by atoms with Crippen LogP contribution in [-0.2, 0) is 0 Å². The molecule has 1 aromatic rings. The van der Waals surface area contributed by atoms with Crippen LogP contribution < -0.4 is 10.9 Å². The topological polar surface area (TPSA) is 111 Å². The minimum absolute atomic E-state index is 0.313. The summed E-state index contributed by atoms with van der Waals surface area (Å²) in [5, 5.41) is 5.94. The van der Waals surface area contributed by atoms with E-state index in [4.69, 9.17) is 5.53 Å². The number of nitrogens with zero attached hydrogens (tertiary/aromatic N) is 3. The maximum atomic E-state index is 11.5. The SMILES string of the molecule is [N-]=[N+]=NCCCNC(=O)c1cc[nH]c(=O)c1. The van der Waals surface area contributed by atoms with Crippen LogP contribution in [-0.4, -0.2) is 24.0 Å². The van der Waals surface area contributed by atoms with E-state index in [1.165, 1.54) is 18.3 Å². The first kappa shape index (κ1) is 11.8. The summed E-state index contributed by atoms with van der Waals surface area (Å²) in [6.07, 6.45) is 1.98. The molecule has 0 bridgehead atoms. The van der Waals surface area contributed by atoms with Crippen molar-refractivity contribution in [3.63, 3.8) is 0 Å². The number of hydrogen-bond donors (Lipinski definition) is 2. The van der Waals surface area contributed by atoms with Gasteiger partial charge in [-0.05, 0) is 18.0 Å². The second-order valence-corrected chi connectivity index (χ2v) is 3.01. The number of amides is 1. The summed E-state index contributed by atoms with van der Waals surface area (Å²) in [6, 6.07) is 2.74. The van der Waals surface area contributed by atoms with Crippen molar-refractivity contribution in [2.45, 2.75) is 6.42 Å². The highest BCUT2D eigenvalue weighted by Crippen LogP contribution is 1.92. The van der Waals surface area contributed by atoms with Crippen LogP contribution in [0, 0.1) is 0 Å². The molecule has 2 N–H and O–H groups in total. The fourth-order valence-electron chi connectivity index (χ4n) is 1.08. The molecule has 84 valence electrons. The van der Waals surface area contributed by atoms with Crippen LogP contribution in [0.25, 0.3) is 10.4 Å². The Hall–Kier alpha value is -2.27. The molecule has 7 nitrogen and oxygen atoms in total. The summed E-state index contributed by atoms with van der Waals surface area (Å²) >= 11 is 0. The summed E-state index contributed by atoms with van der Waals surface area (Å²) in [4.78, 5) is 27.4. The number of aromatic amines is 1. The quantitative estimate of drug-likeness (QED) is 0.332. The first-order valence-corrected chi connectivity index (χ1v) is 4.72. The molecule has 7 heteroatoms. The summed E-state index contributed by atoms with van der Waals surface area (Å²) in [7, 11) is 0. The average Bonchev–Trinajstić information content (AvgIpc) is 2.28. The van der Waals surface area contributed by atoms with Gasteiger partial charge in [-0.15, -0.1) is 0 Å². The van der Waals surface area contributed by atoms with Crippen LogP contribution in [0.1, 0.15) is 16.8 Å². The molecule has 0 unspecified atom stereocenters. The molecule has 0 aromatic carbocycles. The highest BCUT2D eigenvalue weighted by Gasteiger charge is 2.03. The molecule has 0 aliphatic heterocycles. The van der Waals surface area contributed by atoms with Crippen LogP contribution >= 0.6 is 0 Å². The Morgan fingerprint density at radius 3 is 3.12 bits per heavy atom. The van der Waals surface area contributed by atoms with E-state index in [0.29, 0.717) is 25.1 Å². The summed E-state index contributed by atoms with van der Waals surface area (Å²) in [6.45, 7) is 0.747. The zero-order valence-corrected chi connectivity index (χ0v) is 8.51. The van der Waals surface area contributed by atoms with E-state index in [0.717, 1.165) is 0 Å². The highest BCUT2D eigenvalue weighted by atomic mass is 16.2. The fraction of sp³-hybridized carbons (Fsp3) is 0.333. The number of H-pyrrole nitrogens is 1. The number of carbonyl (C=O) groups excluding carboxylic acids is 1. The van der Waals surface area contributed by atoms with Crippen LogP contribution in [0.5, 0.6) is 0 Å². The van der Waals surface area contributed by atoms with Crippen molar-refractivity contribution < 1.29 is 4.79 Å². The van der Waals surface area contributed by atoms with Gasteiger partial charge in [0.2, 0.25) is 5.56 Å². The van der Waals surface area contributed by atoms with Gasteiger partial charge in [0.05, 0.1) is 0 Å². The summed E-state index contributed by atoms with van der Waals surface area (Å²) < 4.78 is 0. The second kappa shape index (κ2) is 6.26. The van der Waals surface area contributed by atoms with Crippen LogP contribution in [0.4, 0.5) is 0 Å². The third-order valence-corrected chi connectivity index (χ3v) is 1.82. The maximum Gasteiger partial charge on any atom is 0.251 e. The monoisotopic (exact) mass is 221 g/mol. The predicted octanol–water partition coefficient (Wildman–Crippen LogP) is 0.805. The number of nitrogens with one attached hydrogen (secondary N) is 2. The minimum Gasteiger partial charge on any atom is -0.352 e. The first-order chi connectivity index (χ1) is 7.74. The Morgan fingerprint density at radius 2 is 2.44 bits per heavy atom. The van der Waals surface area contributed by atoms with Gasteiger partial charge in [0.1, 0.15) is 0 Å². The lowest BCUT2D eigenvalue weighted by Crippen LogP contribution is -2.26. The Morgan fingerprint density at radius 1 is 1.62 bits per heavy atom. The van der Waals surface area contributed by atoms with Gasteiger partial charge in [-0.2, -0.15) is 0 Å². The number of aromatic nitrogens is 1. The van der Waals surface area contributed by atoms with Gasteiger partial charge in [-0.1, -0.05) is 5.11 Å². The van der Waals surface area contributed by atoms with Crippen molar-refractivity contribution in [1.82, 2.24) is 10.3 Å². The van der Waals surface area contributed by atoms with Gasteiger partial charge < -0.3 is 10.3 Å². The van der Waals surface area contributed by atoms with E-state index < -0.39 is 0 Å². The molecular weight excluding hydrogens is 210 g/mol. The molecule has 0 fully saturated rings. The van der Waals surface area contributed by atoms with Gasteiger partial charge in [-0.25, -0.2) is 0 Å². The lowest BCUT2D eigenvalue weighted by Gasteiger charge is -2.02. The zero-order valence-electron chi connectivity index (χ0n) is 8.51. The number of rotatable bonds is 5. The van der Waals surface area contributed by atoms with Gasteiger partial charge in [0.15, 0.2) is 0 Å². The Balaban J connectivity index is 2.41. The largest absolute Gasteiger partial charge is 0.352 e. The summed E-state index contributed by atoms with van der Waals surface area (Å²) in [5.74, 6) is -0.313. The van der Waals surface area contributed by atoms with Crippen molar-refractivity contribution in [3.05, 3.63) is 44.7 Å². The van der Waals surface area contributed by atoms with Crippen LogP contribution in [0.15, 0.2) is 28.2 Å². The van der Waals surface area contributed by atoms with Crippen LogP contribution in [0.3, 0.4) is 0 Å². The molecule has 0 aliphatic rings. The van der Waals surface area contributed by atoms with Crippen molar-refractivity contribution in [2.75, 3.05) is 13.1 Å². The summed E-state index contributed by atoms with van der Waals surface area (Å²) in [5.41, 5.74) is 8.01. The molecule has 1 heterocycles. The molecular formula is C9H11N5O2. The van der Waals surface area contributed by atoms with Crippen molar-refractivity contribution in [1.29, 1.82) is 0 Å². The maximum absolute atomic E-state index is 11.5. The van der Waals surface area contributed by atoms with Crippen molar-refractivity contribution >= 4 is 5.91 Å². The molecule has 1 amide bonds. The Kier molecular flexibility index (Phi) is 4.62. The van der Waals surface area contributed by atoms with Gasteiger partial charge in [-0.3, -0.25) is 9.59 Å². The molecule has 0 aliphatic carbocycles. The van der Waals surface area contributed by atoms with Crippen molar-refractivity contribution in [2.24, 2.45) is 5.11 Å². The lowest BCUT2D eigenvalue weighted by atomic mass is 10.2. The number of azide groups is 1. The Bertz CT molecular complexity index is 461. The third kappa shape index (κ3) is 3.85. The van der Waals surface area contributed by atoms with E-state index in [9.17, 15) is 9.59 Å². The number of carbonyl (C=O) groups is 1. The third-order valence-electron chi connectivity index (χ3n) is 1.82. The van der Waals surface area contributed by atoms with E-state index in [1.807, 2.05) is 0 Å². The van der Waals surface area contributed by atoms with Crippen LogP contribution in [0.2, 0.25) is 0 Å². The van der Waals surface area contributed by atoms with Gasteiger partial charge >= 0.3 is 0 Å². The molecule has 1 aromatic heterocycles. The van der Waals surface area contributed by atoms with E-state index in [-0.39, 0.29) is 11.5 Å². The zero-order chi connectivity index (χ0) is 11.8. The molecule has 0 saturated carbocycles. The first-order valence-electron chi connectivity index (χ1n) is 4.72. The number of hydrogen-bond acceptors (Lipinski definition) is 3. The standard InChI is InChI=1S/C9H11N5O2/c10-14-13-4-1-3-12-9(16)7-2-5-11-8(15)6-7/h2,5-6H,1,3-4H2,(H,11,15)(H,12,16). The second-order valence-electron chi connectivity index (χ2n) is 3.01. The normalized spacial score (nSPS) is 9.25.